The SMILES string of the molecule is C[n+]1ccccc1.[H-].[H-].[I-].[Mg+2]. The number of halogens is 1. The van der Waals surface area contributed by atoms with Gasteiger partial charge in [0.05, 0.1) is 0 Å². The molecular weight excluding hydrogens is 237 g/mol. The van der Waals surface area contributed by atoms with E-state index >= 15 is 0 Å². The van der Waals surface area contributed by atoms with Gasteiger partial charge >= 0.3 is 23.1 Å². The number of aryl methyl sites for hydroxylation is 1. The van der Waals surface area contributed by atoms with Crippen molar-refractivity contribution in [1.29, 1.82) is 0 Å². The van der Waals surface area contributed by atoms with Gasteiger partial charge in [0.25, 0.3) is 0 Å². The summed E-state index contributed by atoms with van der Waals surface area (Å²) in [6.45, 7) is 0. The second-order valence-corrected chi connectivity index (χ2v) is 1.54. The summed E-state index contributed by atoms with van der Waals surface area (Å²) in [5.41, 5.74) is 0. The molecule has 0 bridgehead atoms. The van der Waals surface area contributed by atoms with Gasteiger partial charge in [-0.3, -0.25) is 0 Å². The molecule has 0 aliphatic rings. The number of hydrogen-bond acceptors (Lipinski definition) is 0. The quantitative estimate of drug-likeness (QED) is 0.268. The van der Waals surface area contributed by atoms with Gasteiger partial charge in [-0.05, 0) is 0 Å². The zero-order chi connectivity index (χ0) is 5.11. The van der Waals surface area contributed by atoms with Crippen molar-refractivity contribution in [2.45, 2.75) is 0 Å². The van der Waals surface area contributed by atoms with Crippen LogP contribution in [-0.4, -0.2) is 23.1 Å². The Hall–Kier alpha value is 0.646. The smallest absolute Gasteiger partial charge is 1.00 e. The van der Waals surface area contributed by atoms with Gasteiger partial charge in [-0.25, -0.2) is 4.57 Å². The van der Waals surface area contributed by atoms with Crippen LogP contribution >= 0.6 is 0 Å². The zero-order valence-corrected chi connectivity index (χ0v) is 8.99. The minimum absolute atomic E-state index is 0. The summed E-state index contributed by atoms with van der Waals surface area (Å²) < 4.78 is 2.00. The van der Waals surface area contributed by atoms with Gasteiger partial charge in [0.2, 0.25) is 0 Å². The van der Waals surface area contributed by atoms with Crippen LogP contribution in [0.5, 0.6) is 0 Å². The molecular formula is C6H10IMgN. The Morgan fingerprint density at radius 2 is 1.56 bits per heavy atom. The topological polar surface area (TPSA) is 3.88 Å². The molecule has 1 rings (SSSR count). The molecule has 0 atom stereocenters. The molecule has 9 heavy (non-hydrogen) atoms. The van der Waals surface area contributed by atoms with Gasteiger partial charge in [0.1, 0.15) is 7.05 Å². The van der Waals surface area contributed by atoms with E-state index in [1.807, 2.05) is 42.2 Å². The van der Waals surface area contributed by atoms with E-state index in [4.69, 9.17) is 0 Å². The summed E-state index contributed by atoms with van der Waals surface area (Å²) >= 11 is 0. The second-order valence-electron chi connectivity index (χ2n) is 1.54. The van der Waals surface area contributed by atoms with Crippen LogP contribution in [0.3, 0.4) is 0 Å². The van der Waals surface area contributed by atoms with Gasteiger partial charge in [-0.2, -0.15) is 0 Å². The first-order valence-electron chi connectivity index (χ1n) is 2.30. The molecule has 0 amide bonds. The van der Waals surface area contributed by atoms with Crippen molar-refractivity contribution < 1.29 is 31.4 Å². The van der Waals surface area contributed by atoms with Gasteiger partial charge < -0.3 is 26.8 Å². The molecule has 48 valence electrons. The van der Waals surface area contributed by atoms with Crippen molar-refractivity contribution in [2.75, 3.05) is 0 Å². The predicted octanol–water partition coefficient (Wildman–Crippen LogP) is -2.64. The van der Waals surface area contributed by atoms with E-state index < -0.39 is 0 Å². The summed E-state index contributed by atoms with van der Waals surface area (Å²) in [6, 6.07) is 6.00. The van der Waals surface area contributed by atoms with Crippen LogP contribution < -0.4 is 28.5 Å². The van der Waals surface area contributed by atoms with E-state index in [0.29, 0.717) is 0 Å². The molecule has 0 saturated heterocycles. The first kappa shape index (κ1) is 12.3. The van der Waals surface area contributed by atoms with Gasteiger partial charge in [-0.15, -0.1) is 0 Å². The third-order valence-electron chi connectivity index (χ3n) is 0.865. The minimum atomic E-state index is 0. The molecule has 0 saturated carbocycles. The number of rotatable bonds is 0. The second kappa shape index (κ2) is 6.76. The Balaban J connectivity index is -0.0000000612. The molecule has 0 aromatic carbocycles. The van der Waals surface area contributed by atoms with E-state index in [9.17, 15) is 0 Å². The number of hydrogen-bond donors (Lipinski definition) is 0. The fourth-order valence-corrected chi connectivity index (χ4v) is 0.485. The molecule has 1 nitrogen and oxygen atoms in total. The number of nitrogens with zero attached hydrogens (tertiary/aromatic N) is 1. The first-order valence-corrected chi connectivity index (χ1v) is 2.30. The molecule has 1 aromatic rings. The number of pyridine rings is 1. The maximum absolute atomic E-state index is 2.00. The summed E-state index contributed by atoms with van der Waals surface area (Å²) in [7, 11) is 2.00. The van der Waals surface area contributed by atoms with E-state index in [2.05, 4.69) is 0 Å². The molecule has 0 aliphatic heterocycles. The van der Waals surface area contributed by atoms with Gasteiger partial charge in [0, 0.05) is 12.1 Å². The molecule has 0 fully saturated rings. The van der Waals surface area contributed by atoms with Crippen molar-refractivity contribution >= 4 is 23.1 Å². The van der Waals surface area contributed by atoms with Crippen LogP contribution in [0, 0.1) is 0 Å². The fourth-order valence-electron chi connectivity index (χ4n) is 0.485. The Morgan fingerprint density at radius 3 is 1.78 bits per heavy atom. The van der Waals surface area contributed by atoms with Crippen molar-refractivity contribution in [3.05, 3.63) is 30.6 Å². The fraction of sp³-hybridized carbons (Fsp3) is 0.167. The Labute approximate surface area is 91.6 Å². The molecule has 1 heterocycles. The minimum Gasteiger partial charge on any atom is -1.00 e. The summed E-state index contributed by atoms with van der Waals surface area (Å²) in [5, 5.41) is 0. The summed E-state index contributed by atoms with van der Waals surface area (Å²) in [4.78, 5) is 0. The third kappa shape index (κ3) is 5.11. The van der Waals surface area contributed by atoms with Crippen LogP contribution in [0.15, 0.2) is 30.6 Å². The van der Waals surface area contributed by atoms with Crippen molar-refractivity contribution in [3.8, 4) is 0 Å². The van der Waals surface area contributed by atoms with E-state index in [1.54, 1.807) is 0 Å². The third-order valence-corrected chi connectivity index (χ3v) is 0.865. The van der Waals surface area contributed by atoms with Crippen LogP contribution in [0.25, 0.3) is 0 Å². The van der Waals surface area contributed by atoms with E-state index in [-0.39, 0.29) is 49.9 Å². The number of aromatic nitrogens is 1. The maximum atomic E-state index is 2.00. The van der Waals surface area contributed by atoms with Gasteiger partial charge in [0.15, 0.2) is 12.4 Å². The Kier molecular flexibility index (Phi) is 9.27. The largest absolute Gasteiger partial charge is 2.00 e. The molecule has 0 radical (unpaired) electrons. The van der Waals surface area contributed by atoms with Crippen molar-refractivity contribution in [3.63, 3.8) is 0 Å². The van der Waals surface area contributed by atoms with E-state index in [1.165, 1.54) is 0 Å². The Morgan fingerprint density at radius 1 is 1.11 bits per heavy atom. The van der Waals surface area contributed by atoms with Crippen LogP contribution in [0.1, 0.15) is 2.85 Å². The molecule has 1 aromatic heterocycles. The van der Waals surface area contributed by atoms with Gasteiger partial charge in [-0.1, -0.05) is 6.07 Å². The monoisotopic (exact) mass is 247 g/mol. The van der Waals surface area contributed by atoms with Crippen molar-refractivity contribution in [1.82, 2.24) is 0 Å². The molecule has 0 spiro atoms. The maximum Gasteiger partial charge on any atom is 2.00 e. The first-order chi connectivity index (χ1) is 3.39. The molecule has 0 N–H and O–H groups in total. The van der Waals surface area contributed by atoms with Crippen molar-refractivity contribution in [2.24, 2.45) is 7.05 Å². The molecule has 3 heteroatoms. The summed E-state index contributed by atoms with van der Waals surface area (Å²) in [6.07, 6.45) is 4.00. The molecule has 0 unspecified atom stereocenters. The van der Waals surface area contributed by atoms with E-state index in [0.717, 1.165) is 0 Å². The summed E-state index contributed by atoms with van der Waals surface area (Å²) in [5.74, 6) is 0. The predicted molar refractivity (Wildman–Crippen MR) is 35.6 cm³/mol. The Bertz CT molecular complexity index is 151. The van der Waals surface area contributed by atoms with Crippen LogP contribution in [0.4, 0.5) is 0 Å². The average molecular weight is 247 g/mol. The average Bonchev–Trinajstić information content (AvgIpc) is 1.69. The standard InChI is InChI=1S/C6H8N.HI.Mg.2H/c1-7-5-3-2-4-6-7;;;;/h2-6H,1H3;1H;;;/q+1;;+2;2*-1/p-1. The normalized spacial score (nSPS) is 6.78. The molecule has 0 aliphatic carbocycles. The van der Waals surface area contributed by atoms with Crippen LogP contribution in [-0.2, 0) is 7.05 Å². The zero-order valence-electron chi connectivity index (χ0n) is 7.42. The van der Waals surface area contributed by atoms with Crippen LogP contribution in [0.2, 0.25) is 0 Å².